The zero-order valence-corrected chi connectivity index (χ0v) is 10.0. The van der Waals surface area contributed by atoms with E-state index in [2.05, 4.69) is 5.32 Å². The molecule has 2 aliphatic rings. The summed E-state index contributed by atoms with van der Waals surface area (Å²) in [6.45, 7) is 0. The van der Waals surface area contributed by atoms with Crippen LogP contribution in [0.5, 0.6) is 0 Å². The number of halogens is 3. The molecule has 18 heavy (non-hydrogen) atoms. The van der Waals surface area contributed by atoms with Gasteiger partial charge in [-0.15, -0.1) is 0 Å². The van der Waals surface area contributed by atoms with E-state index >= 15 is 0 Å². The van der Waals surface area contributed by atoms with Crippen LogP contribution in [-0.4, -0.2) is 12.1 Å². The summed E-state index contributed by atoms with van der Waals surface area (Å²) in [6, 6.07) is 6.85. The van der Waals surface area contributed by atoms with Crippen molar-refractivity contribution >= 4 is 0 Å². The minimum absolute atomic E-state index is 0.283. The van der Waals surface area contributed by atoms with E-state index in [9.17, 15) is 13.2 Å². The molecule has 2 fully saturated rings. The second kappa shape index (κ2) is 4.26. The first-order chi connectivity index (χ1) is 8.52. The van der Waals surface area contributed by atoms with E-state index < -0.39 is 11.7 Å². The van der Waals surface area contributed by atoms with Crippen LogP contribution in [0.4, 0.5) is 13.2 Å². The predicted octanol–water partition coefficient (Wildman–Crippen LogP) is 3.70. The van der Waals surface area contributed by atoms with Crippen LogP contribution in [0.15, 0.2) is 24.3 Å². The van der Waals surface area contributed by atoms with E-state index in [4.69, 9.17) is 0 Å². The van der Waals surface area contributed by atoms with Gasteiger partial charge in [0.25, 0.3) is 0 Å². The van der Waals surface area contributed by atoms with Crippen LogP contribution >= 0.6 is 0 Å². The molecule has 4 heteroatoms. The topological polar surface area (TPSA) is 12.0 Å². The summed E-state index contributed by atoms with van der Waals surface area (Å²) >= 11 is 0. The maximum absolute atomic E-state index is 12.7. The molecule has 2 unspecified atom stereocenters. The summed E-state index contributed by atoms with van der Waals surface area (Å²) in [5.74, 6) is 0.283. The Morgan fingerprint density at radius 2 is 1.72 bits per heavy atom. The summed E-state index contributed by atoms with van der Waals surface area (Å²) in [4.78, 5) is 0. The van der Waals surface area contributed by atoms with Crippen molar-refractivity contribution in [1.82, 2.24) is 5.32 Å². The summed E-state index contributed by atoms with van der Waals surface area (Å²) in [7, 11) is 0. The minimum Gasteiger partial charge on any atom is -0.311 e. The number of benzene rings is 1. The highest BCUT2D eigenvalue weighted by atomic mass is 19.4. The van der Waals surface area contributed by atoms with E-state index in [0.717, 1.165) is 24.5 Å². The molecule has 98 valence electrons. The zero-order chi connectivity index (χ0) is 12.8. The first kappa shape index (κ1) is 12.0. The molecule has 0 radical (unpaired) electrons. The molecule has 2 heterocycles. The molecule has 0 aromatic heterocycles. The Kier molecular flexibility index (Phi) is 2.85. The summed E-state index contributed by atoms with van der Waals surface area (Å²) in [5, 5.41) is 3.51. The monoisotopic (exact) mass is 255 g/mol. The van der Waals surface area contributed by atoms with E-state index in [1.165, 1.54) is 25.0 Å². The Morgan fingerprint density at radius 3 is 2.33 bits per heavy atom. The normalized spacial score (nSPS) is 31.6. The van der Waals surface area contributed by atoms with Gasteiger partial charge in [0.2, 0.25) is 0 Å². The van der Waals surface area contributed by atoms with E-state index in [1.807, 2.05) is 6.07 Å². The van der Waals surface area contributed by atoms with Gasteiger partial charge in [-0.25, -0.2) is 0 Å². The lowest BCUT2D eigenvalue weighted by Crippen LogP contribution is -2.37. The molecule has 0 saturated carbocycles. The van der Waals surface area contributed by atoms with Crippen molar-refractivity contribution in [2.75, 3.05) is 0 Å². The van der Waals surface area contributed by atoms with E-state index in [-0.39, 0.29) is 5.92 Å². The lowest BCUT2D eigenvalue weighted by atomic mass is 9.85. The van der Waals surface area contributed by atoms with Gasteiger partial charge in [0.1, 0.15) is 0 Å². The van der Waals surface area contributed by atoms with Crippen molar-refractivity contribution in [2.24, 2.45) is 0 Å². The summed E-state index contributed by atoms with van der Waals surface area (Å²) < 4.78 is 38.1. The highest BCUT2D eigenvalue weighted by Crippen LogP contribution is 2.39. The highest BCUT2D eigenvalue weighted by Gasteiger charge is 2.35. The molecule has 2 bridgehead atoms. The Labute approximate surface area is 104 Å². The van der Waals surface area contributed by atoms with Crippen molar-refractivity contribution in [1.29, 1.82) is 0 Å². The number of fused-ring (bicyclic) bond motifs is 2. The Balaban J connectivity index is 1.84. The lowest BCUT2D eigenvalue weighted by molar-refractivity contribution is -0.137. The molecule has 2 aliphatic heterocycles. The van der Waals surface area contributed by atoms with Gasteiger partial charge in [-0.05, 0) is 43.2 Å². The smallest absolute Gasteiger partial charge is 0.311 e. The van der Waals surface area contributed by atoms with Crippen LogP contribution in [0.2, 0.25) is 0 Å². The van der Waals surface area contributed by atoms with E-state index in [1.54, 1.807) is 0 Å². The molecular formula is C14H16F3N. The fraction of sp³-hybridized carbons (Fsp3) is 0.571. The quantitative estimate of drug-likeness (QED) is 0.806. The second-order valence-corrected chi connectivity index (χ2v) is 5.43. The lowest BCUT2D eigenvalue weighted by Gasteiger charge is -2.29. The van der Waals surface area contributed by atoms with Gasteiger partial charge in [-0.1, -0.05) is 18.2 Å². The first-order valence-electron chi connectivity index (χ1n) is 6.45. The third-order valence-corrected chi connectivity index (χ3v) is 4.16. The maximum Gasteiger partial charge on any atom is 0.416 e. The fourth-order valence-electron chi connectivity index (χ4n) is 3.30. The molecule has 3 rings (SSSR count). The third kappa shape index (κ3) is 2.26. The standard InChI is InChI=1S/C14H16F3N/c15-14(16,17)11-3-1-2-9(6-11)10-7-12-4-5-13(8-10)18-12/h1-3,6,10,12-13,18H,4-5,7-8H2. The molecule has 1 nitrogen and oxygen atoms in total. The van der Waals surface area contributed by atoms with Crippen LogP contribution < -0.4 is 5.32 Å². The molecule has 0 aliphatic carbocycles. The minimum atomic E-state index is -4.23. The van der Waals surface area contributed by atoms with Gasteiger partial charge in [-0.2, -0.15) is 13.2 Å². The largest absolute Gasteiger partial charge is 0.416 e. The number of rotatable bonds is 1. The number of hydrogen-bond donors (Lipinski definition) is 1. The van der Waals surface area contributed by atoms with Crippen molar-refractivity contribution < 1.29 is 13.2 Å². The van der Waals surface area contributed by atoms with Gasteiger partial charge in [0.05, 0.1) is 5.56 Å². The van der Waals surface area contributed by atoms with Crippen molar-refractivity contribution in [3.8, 4) is 0 Å². The number of hydrogen-bond acceptors (Lipinski definition) is 1. The second-order valence-electron chi connectivity index (χ2n) is 5.43. The number of nitrogens with one attached hydrogen (secondary N) is 1. The highest BCUT2D eigenvalue weighted by molar-refractivity contribution is 5.29. The van der Waals surface area contributed by atoms with Crippen LogP contribution in [0, 0.1) is 0 Å². The summed E-state index contributed by atoms with van der Waals surface area (Å²) in [5.41, 5.74) is 0.328. The van der Waals surface area contributed by atoms with Gasteiger partial charge in [0.15, 0.2) is 0 Å². The van der Waals surface area contributed by atoms with Gasteiger partial charge in [-0.3, -0.25) is 0 Å². The molecule has 2 atom stereocenters. The van der Waals surface area contributed by atoms with Crippen LogP contribution in [-0.2, 0) is 6.18 Å². The number of piperidine rings is 1. The Hall–Kier alpha value is -1.03. The average Bonchev–Trinajstić information content (AvgIpc) is 2.67. The molecule has 1 aromatic carbocycles. The van der Waals surface area contributed by atoms with Crippen molar-refractivity contribution in [3.05, 3.63) is 35.4 Å². The van der Waals surface area contributed by atoms with Gasteiger partial charge in [0, 0.05) is 12.1 Å². The van der Waals surface area contributed by atoms with Gasteiger partial charge < -0.3 is 5.32 Å². The molecule has 2 saturated heterocycles. The summed E-state index contributed by atoms with van der Waals surface area (Å²) in [6.07, 6.45) is 0.0395. The molecule has 0 spiro atoms. The average molecular weight is 255 g/mol. The molecule has 1 N–H and O–H groups in total. The fourth-order valence-corrected chi connectivity index (χ4v) is 3.30. The van der Waals surface area contributed by atoms with Crippen LogP contribution in [0.3, 0.4) is 0 Å². The molecule has 0 amide bonds. The van der Waals surface area contributed by atoms with Crippen LogP contribution in [0.25, 0.3) is 0 Å². The maximum atomic E-state index is 12.7. The first-order valence-corrected chi connectivity index (χ1v) is 6.45. The Morgan fingerprint density at radius 1 is 1.06 bits per heavy atom. The number of alkyl halides is 3. The molecule has 1 aromatic rings. The van der Waals surface area contributed by atoms with Crippen molar-refractivity contribution in [3.63, 3.8) is 0 Å². The van der Waals surface area contributed by atoms with Gasteiger partial charge >= 0.3 is 6.18 Å². The third-order valence-electron chi connectivity index (χ3n) is 4.16. The Bertz CT molecular complexity index is 429. The molecular weight excluding hydrogens is 239 g/mol. The van der Waals surface area contributed by atoms with E-state index in [0.29, 0.717) is 12.1 Å². The van der Waals surface area contributed by atoms with Crippen molar-refractivity contribution in [2.45, 2.75) is 49.9 Å². The SMILES string of the molecule is FC(F)(F)c1cccc(C2CC3CCC(C2)N3)c1. The predicted molar refractivity (Wildman–Crippen MR) is 63.4 cm³/mol. The van der Waals surface area contributed by atoms with Crippen LogP contribution in [0.1, 0.15) is 42.7 Å². The zero-order valence-electron chi connectivity index (χ0n) is 10.0.